The van der Waals surface area contributed by atoms with E-state index >= 15 is 0 Å². The average Bonchev–Trinajstić information content (AvgIpc) is 3.15. The van der Waals surface area contributed by atoms with Gasteiger partial charge < -0.3 is 10.4 Å². The fourth-order valence-electron chi connectivity index (χ4n) is 8.54. The topological polar surface area (TPSA) is 62.2 Å². The molecule has 0 aromatic carbocycles. The summed E-state index contributed by atoms with van der Waals surface area (Å²) in [6.45, 7) is 7.74. The monoisotopic (exact) mass is 436 g/mol. The molecule has 0 bridgehead atoms. The van der Waals surface area contributed by atoms with Crippen LogP contribution in [-0.4, -0.2) is 22.1 Å². The highest BCUT2D eigenvalue weighted by molar-refractivity contribution is 5.78. The van der Waals surface area contributed by atoms with E-state index in [9.17, 15) is 9.90 Å². The van der Waals surface area contributed by atoms with E-state index in [2.05, 4.69) is 37.1 Å². The molecule has 4 aliphatic carbocycles. The maximum absolute atomic E-state index is 13.1. The fraction of sp³-hybridized carbons (Fsp3) is 0.714. The van der Waals surface area contributed by atoms with E-state index in [1.165, 1.54) is 32.1 Å². The van der Waals surface area contributed by atoms with Crippen LogP contribution in [0.4, 0.5) is 0 Å². The minimum Gasteiger partial charge on any atom is -0.393 e. The first-order valence-corrected chi connectivity index (χ1v) is 12.9. The lowest BCUT2D eigenvalue weighted by atomic mass is 9.47. The number of carbonyl (C=O) groups is 1. The number of nitrogens with zero attached hydrogens (tertiary/aromatic N) is 1. The van der Waals surface area contributed by atoms with Crippen LogP contribution in [-0.2, 0) is 11.3 Å². The third-order valence-corrected chi connectivity index (χ3v) is 10.4. The minimum absolute atomic E-state index is 0.0542. The molecule has 1 aromatic rings. The molecule has 0 aliphatic heterocycles. The van der Waals surface area contributed by atoms with E-state index < -0.39 is 0 Å². The number of allylic oxidation sites excluding steroid dienone is 1. The first-order chi connectivity index (χ1) is 15.3. The number of nitrogens with one attached hydrogen (secondary N) is 1. The number of hydrogen-bond donors (Lipinski definition) is 2. The first-order valence-electron chi connectivity index (χ1n) is 12.9. The molecular formula is C28H40N2O2. The zero-order valence-corrected chi connectivity index (χ0v) is 20.0. The number of fused-ring (bicyclic) bond motifs is 5. The number of aliphatic hydroxyl groups is 1. The molecule has 5 rings (SSSR count). The summed E-state index contributed by atoms with van der Waals surface area (Å²) in [5.41, 5.74) is 3.20. The minimum atomic E-state index is -0.137. The average molecular weight is 437 g/mol. The van der Waals surface area contributed by atoms with Crippen molar-refractivity contribution in [2.45, 2.75) is 84.8 Å². The third kappa shape index (κ3) is 3.54. The van der Waals surface area contributed by atoms with E-state index in [0.717, 1.165) is 42.6 Å². The number of pyridine rings is 1. The molecular weight excluding hydrogens is 396 g/mol. The molecule has 0 radical (unpaired) electrons. The summed E-state index contributed by atoms with van der Waals surface area (Å²) in [6, 6.07) is 3.93. The second kappa shape index (κ2) is 8.27. The van der Waals surface area contributed by atoms with Crippen LogP contribution in [0.5, 0.6) is 0 Å². The summed E-state index contributed by atoms with van der Waals surface area (Å²) in [6.07, 6.45) is 15.1. The second-order valence-corrected chi connectivity index (χ2v) is 11.7. The Bertz CT molecular complexity index is 883. The van der Waals surface area contributed by atoms with Gasteiger partial charge in [-0.25, -0.2) is 0 Å². The summed E-state index contributed by atoms with van der Waals surface area (Å²) < 4.78 is 0. The summed E-state index contributed by atoms with van der Waals surface area (Å²) in [5.74, 6) is 2.95. The molecule has 4 heteroatoms. The Morgan fingerprint density at radius 1 is 1.16 bits per heavy atom. The molecule has 3 fully saturated rings. The quantitative estimate of drug-likeness (QED) is 0.632. The van der Waals surface area contributed by atoms with Crippen molar-refractivity contribution in [3.05, 3.63) is 41.7 Å². The van der Waals surface area contributed by atoms with Crippen molar-refractivity contribution in [3.63, 3.8) is 0 Å². The number of aromatic nitrogens is 1. The zero-order chi connectivity index (χ0) is 22.5. The lowest BCUT2D eigenvalue weighted by Crippen LogP contribution is -2.51. The van der Waals surface area contributed by atoms with Crippen molar-refractivity contribution < 1.29 is 9.90 Å². The lowest BCUT2D eigenvalue weighted by Gasteiger charge is -2.58. The van der Waals surface area contributed by atoms with Crippen LogP contribution in [0.15, 0.2) is 36.2 Å². The van der Waals surface area contributed by atoms with Crippen LogP contribution < -0.4 is 5.32 Å². The summed E-state index contributed by atoms with van der Waals surface area (Å²) in [7, 11) is 0. The van der Waals surface area contributed by atoms with Gasteiger partial charge in [-0.1, -0.05) is 32.4 Å². The molecule has 4 aliphatic rings. The second-order valence-electron chi connectivity index (χ2n) is 11.7. The van der Waals surface area contributed by atoms with E-state index in [-0.39, 0.29) is 28.8 Å². The maximum Gasteiger partial charge on any atom is 0.223 e. The van der Waals surface area contributed by atoms with Gasteiger partial charge in [0, 0.05) is 24.9 Å². The number of amides is 1. The van der Waals surface area contributed by atoms with Gasteiger partial charge in [-0.15, -0.1) is 0 Å². The van der Waals surface area contributed by atoms with E-state index in [1.807, 2.05) is 12.1 Å². The normalized spacial score (nSPS) is 41.6. The third-order valence-electron chi connectivity index (χ3n) is 10.4. The highest BCUT2D eigenvalue weighted by Gasteiger charge is 2.59. The van der Waals surface area contributed by atoms with Crippen molar-refractivity contribution in [2.24, 2.45) is 40.4 Å². The molecule has 4 nitrogen and oxygen atoms in total. The predicted molar refractivity (Wildman–Crippen MR) is 126 cm³/mol. The first kappa shape index (κ1) is 22.1. The molecule has 0 unspecified atom stereocenters. The molecule has 32 heavy (non-hydrogen) atoms. The fourth-order valence-corrected chi connectivity index (χ4v) is 8.54. The van der Waals surface area contributed by atoms with E-state index in [1.54, 1.807) is 18.0 Å². The van der Waals surface area contributed by atoms with Crippen molar-refractivity contribution in [3.8, 4) is 0 Å². The van der Waals surface area contributed by atoms with E-state index in [0.29, 0.717) is 12.5 Å². The summed E-state index contributed by atoms with van der Waals surface area (Å²) >= 11 is 0. The smallest absolute Gasteiger partial charge is 0.223 e. The molecule has 1 amide bonds. The van der Waals surface area contributed by atoms with Crippen LogP contribution in [0.3, 0.4) is 0 Å². The zero-order valence-electron chi connectivity index (χ0n) is 20.0. The van der Waals surface area contributed by atoms with Crippen LogP contribution in [0.1, 0.15) is 77.7 Å². The van der Waals surface area contributed by atoms with Gasteiger partial charge in [-0.2, -0.15) is 0 Å². The van der Waals surface area contributed by atoms with Crippen molar-refractivity contribution in [1.82, 2.24) is 10.3 Å². The van der Waals surface area contributed by atoms with Crippen molar-refractivity contribution in [1.29, 1.82) is 0 Å². The van der Waals surface area contributed by atoms with Gasteiger partial charge in [-0.3, -0.25) is 9.78 Å². The van der Waals surface area contributed by atoms with Crippen molar-refractivity contribution in [2.75, 3.05) is 0 Å². The van der Waals surface area contributed by atoms with Gasteiger partial charge in [0.2, 0.25) is 5.91 Å². The Morgan fingerprint density at radius 2 is 1.94 bits per heavy atom. The Morgan fingerprint density at radius 3 is 2.72 bits per heavy atom. The number of hydrogen-bond acceptors (Lipinski definition) is 3. The van der Waals surface area contributed by atoms with Crippen LogP contribution in [0, 0.1) is 40.4 Å². The summed E-state index contributed by atoms with van der Waals surface area (Å²) in [4.78, 5) is 17.2. The largest absolute Gasteiger partial charge is 0.393 e. The van der Waals surface area contributed by atoms with Gasteiger partial charge >= 0.3 is 0 Å². The Hall–Kier alpha value is -1.68. The van der Waals surface area contributed by atoms with Gasteiger partial charge in [0.1, 0.15) is 0 Å². The highest BCUT2D eigenvalue weighted by Crippen LogP contribution is 2.67. The number of carbonyl (C=O) groups excluding carboxylic acids is 1. The molecule has 0 spiro atoms. The molecule has 0 saturated heterocycles. The molecule has 1 heterocycles. The van der Waals surface area contributed by atoms with Crippen molar-refractivity contribution >= 4 is 5.91 Å². The van der Waals surface area contributed by atoms with Gasteiger partial charge in [0.15, 0.2) is 0 Å². The number of aliphatic hydroxyl groups excluding tert-OH is 1. The Labute approximate surface area is 193 Å². The Balaban J connectivity index is 1.30. The van der Waals surface area contributed by atoms with Gasteiger partial charge in [0.25, 0.3) is 0 Å². The molecule has 1 aromatic heterocycles. The molecule has 3 saturated carbocycles. The SMILES string of the molecule is C[C@H](C(=O)NCc1ccncc1)[C@H]1CC[C@H]2[C@@H]3CC=C4C[C@@H](O)CC[C@]4(C)[C@H]3CC[C@]12C. The molecule has 2 N–H and O–H groups in total. The predicted octanol–water partition coefficient (Wildman–Crippen LogP) is 5.27. The van der Waals surface area contributed by atoms with Crippen LogP contribution in [0.2, 0.25) is 0 Å². The van der Waals surface area contributed by atoms with Gasteiger partial charge in [-0.05, 0) is 104 Å². The molecule has 174 valence electrons. The maximum atomic E-state index is 13.1. The standard InChI is InChI=1S/C28H40N2O2/c1-18(26(32)30-17-19-10-14-29-15-11-19)23-6-7-24-22-5-4-20-16-21(31)8-12-27(20,2)25(22)9-13-28(23,24)3/h4,10-11,14-15,18,21-25,31H,5-9,12-13,16-17H2,1-3H3,(H,30,32)/t18-,21-,22-,23+,24-,25-,27-,28+/m0/s1. The lowest BCUT2D eigenvalue weighted by molar-refractivity contribution is -0.129. The highest BCUT2D eigenvalue weighted by atomic mass is 16.3. The molecule has 8 atom stereocenters. The van der Waals surface area contributed by atoms with Crippen LogP contribution in [0.25, 0.3) is 0 Å². The number of rotatable bonds is 4. The van der Waals surface area contributed by atoms with Gasteiger partial charge in [0.05, 0.1) is 6.10 Å². The van der Waals surface area contributed by atoms with Crippen LogP contribution >= 0.6 is 0 Å². The Kier molecular flexibility index (Phi) is 5.72. The van der Waals surface area contributed by atoms with E-state index in [4.69, 9.17) is 0 Å². The summed E-state index contributed by atoms with van der Waals surface area (Å²) in [5, 5.41) is 13.4.